The molecule has 1 rings (SSSR count). The summed E-state index contributed by atoms with van der Waals surface area (Å²) < 4.78 is 0. The van der Waals surface area contributed by atoms with E-state index in [9.17, 15) is 0 Å². The van der Waals surface area contributed by atoms with E-state index in [1.165, 1.54) is 88.6 Å². The molecule has 6 heteroatoms. The molecular formula is C43H90N6. The second-order valence-corrected chi connectivity index (χ2v) is 15.5. The Bertz CT molecular complexity index is 781. The van der Waals surface area contributed by atoms with Crippen molar-refractivity contribution in [3.63, 3.8) is 0 Å². The van der Waals surface area contributed by atoms with Gasteiger partial charge in [0.1, 0.15) is 0 Å². The van der Waals surface area contributed by atoms with Crippen LogP contribution in [0.25, 0.3) is 0 Å². The highest BCUT2D eigenvalue weighted by Crippen LogP contribution is 2.07. The van der Waals surface area contributed by atoms with Crippen LogP contribution in [0.5, 0.6) is 0 Å². The van der Waals surface area contributed by atoms with Gasteiger partial charge in [-0.05, 0) is 107 Å². The molecule has 0 bridgehead atoms. The predicted molar refractivity (Wildman–Crippen MR) is 225 cm³/mol. The Balaban J connectivity index is -0.000000578. The van der Waals surface area contributed by atoms with Crippen LogP contribution >= 0.6 is 0 Å². The molecule has 0 radical (unpaired) electrons. The molecule has 0 aromatic heterocycles. The highest BCUT2D eigenvalue weighted by molar-refractivity contribution is 5.02. The van der Waals surface area contributed by atoms with Crippen molar-refractivity contribution in [2.45, 2.75) is 159 Å². The molecule has 0 fully saturated rings. The summed E-state index contributed by atoms with van der Waals surface area (Å²) in [6, 6.07) is 0. The van der Waals surface area contributed by atoms with Crippen LogP contribution in [0, 0.1) is 23.7 Å². The van der Waals surface area contributed by atoms with Crippen LogP contribution in [0.15, 0.2) is 48.8 Å². The third-order valence-electron chi connectivity index (χ3n) is 8.08. The Kier molecular flexibility index (Phi) is 38.6. The van der Waals surface area contributed by atoms with Gasteiger partial charge in [-0.3, -0.25) is 0 Å². The maximum absolute atomic E-state index is 4.03. The number of nitrogens with one attached hydrogen (secondary N) is 5. The van der Waals surface area contributed by atoms with E-state index >= 15 is 0 Å². The summed E-state index contributed by atoms with van der Waals surface area (Å²) in [6.07, 6.45) is 19.8. The lowest BCUT2D eigenvalue weighted by atomic mass is 10.1. The number of nitrogens with zero attached hydrogens (tertiary/aromatic N) is 1. The van der Waals surface area contributed by atoms with Crippen LogP contribution in [0.1, 0.15) is 159 Å². The lowest BCUT2D eigenvalue weighted by Crippen LogP contribution is -2.25. The molecule has 0 atom stereocenters. The first kappa shape index (κ1) is 51.1. The minimum atomic E-state index is 0.805. The lowest BCUT2D eigenvalue weighted by molar-refractivity contribution is 0.450. The van der Waals surface area contributed by atoms with Crippen LogP contribution < -0.4 is 26.6 Å². The van der Waals surface area contributed by atoms with Crippen molar-refractivity contribution >= 4 is 0 Å². The van der Waals surface area contributed by atoms with Gasteiger partial charge in [0.05, 0.1) is 11.6 Å². The van der Waals surface area contributed by atoms with Gasteiger partial charge < -0.3 is 31.5 Å². The molecule has 0 aromatic rings. The normalized spacial score (nSPS) is 11.7. The Morgan fingerprint density at radius 1 is 0.653 bits per heavy atom. The van der Waals surface area contributed by atoms with Crippen molar-refractivity contribution < 1.29 is 0 Å². The number of hydrogen-bond donors (Lipinski definition) is 5. The van der Waals surface area contributed by atoms with Gasteiger partial charge in [0, 0.05) is 58.2 Å². The van der Waals surface area contributed by atoms with Crippen LogP contribution in [-0.4, -0.2) is 51.7 Å². The van der Waals surface area contributed by atoms with Gasteiger partial charge in [-0.15, -0.1) is 0 Å². The first-order valence-electron chi connectivity index (χ1n) is 20.3. The van der Waals surface area contributed by atoms with Crippen LogP contribution in [0.4, 0.5) is 0 Å². The standard InChI is InChI=1S/C13H27N.C10H20N2.C10H22N2.C10H21N/c1-5-6-7-10-13(4)14-11-8-9-12(2)3;1-9(2)5-3-7-11-10-6-4-8-12-10;1-9(2)7-6-8-11-10(3)12(4)5;1-5-10(4)11-8-6-7-9(2)3/h12,14H,4-11H2,1-3H3;6,9,11-12H,3-5,7-8H2,1-2H3;9,11H,3,6-8H2,1-2,4-5H3;9,11H,4-8H2,1-3H3. The van der Waals surface area contributed by atoms with Crippen LogP contribution in [-0.2, 0) is 0 Å². The van der Waals surface area contributed by atoms with E-state index in [-0.39, 0.29) is 0 Å². The summed E-state index contributed by atoms with van der Waals surface area (Å²) in [6.45, 7) is 39.7. The topological polar surface area (TPSA) is 63.4 Å². The maximum Gasteiger partial charge on any atom is 0.0946 e. The third kappa shape index (κ3) is 45.8. The zero-order valence-electron chi connectivity index (χ0n) is 35.4. The highest BCUT2D eigenvalue weighted by atomic mass is 15.2. The molecule has 0 aromatic carbocycles. The molecule has 0 aliphatic carbocycles. The zero-order chi connectivity index (χ0) is 37.9. The minimum absolute atomic E-state index is 0.805. The molecule has 1 aliphatic rings. The molecular weight excluding hydrogens is 601 g/mol. The van der Waals surface area contributed by atoms with Gasteiger partial charge in [-0.25, -0.2) is 0 Å². The summed E-state index contributed by atoms with van der Waals surface area (Å²) in [5.74, 6) is 5.52. The van der Waals surface area contributed by atoms with Crippen molar-refractivity contribution in [1.82, 2.24) is 31.5 Å². The summed E-state index contributed by atoms with van der Waals surface area (Å²) in [7, 11) is 4.00. The smallest absolute Gasteiger partial charge is 0.0946 e. The number of unbranched alkanes of at least 4 members (excludes halogenated alkanes) is 2. The molecule has 6 nitrogen and oxygen atoms in total. The van der Waals surface area contributed by atoms with E-state index in [1.54, 1.807) is 0 Å². The first-order chi connectivity index (χ1) is 23.2. The Morgan fingerprint density at radius 3 is 1.49 bits per heavy atom. The molecule has 49 heavy (non-hydrogen) atoms. The molecule has 0 amide bonds. The Labute approximate surface area is 309 Å². The van der Waals surface area contributed by atoms with E-state index in [0.29, 0.717) is 0 Å². The number of rotatable bonds is 26. The highest BCUT2D eigenvalue weighted by Gasteiger charge is 2.01. The fraction of sp³-hybridized carbons (Fsp3) is 0.814. The van der Waals surface area contributed by atoms with Crippen molar-refractivity contribution in [2.75, 3.05) is 46.8 Å². The van der Waals surface area contributed by atoms with Gasteiger partial charge >= 0.3 is 0 Å². The molecule has 0 saturated heterocycles. The number of allylic oxidation sites excluding steroid dienone is 2. The summed E-state index contributed by atoms with van der Waals surface area (Å²) in [4.78, 5) is 2.00. The van der Waals surface area contributed by atoms with E-state index in [0.717, 1.165) is 80.8 Å². The molecule has 1 heterocycles. The van der Waals surface area contributed by atoms with Crippen molar-refractivity contribution in [3.8, 4) is 0 Å². The van der Waals surface area contributed by atoms with E-state index in [2.05, 4.69) is 122 Å². The van der Waals surface area contributed by atoms with Gasteiger partial charge in [0.25, 0.3) is 0 Å². The van der Waals surface area contributed by atoms with Gasteiger partial charge in [-0.2, -0.15) is 0 Å². The van der Waals surface area contributed by atoms with Crippen LogP contribution in [0.2, 0.25) is 0 Å². The summed E-state index contributed by atoms with van der Waals surface area (Å²) in [5, 5.41) is 16.6. The summed E-state index contributed by atoms with van der Waals surface area (Å²) in [5.41, 5.74) is 2.39. The van der Waals surface area contributed by atoms with Crippen molar-refractivity contribution in [3.05, 3.63) is 48.8 Å². The Morgan fingerprint density at radius 2 is 1.10 bits per heavy atom. The molecule has 5 N–H and O–H groups in total. The van der Waals surface area contributed by atoms with Gasteiger partial charge in [0.2, 0.25) is 0 Å². The average molecular weight is 691 g/mol. The minimum Gasteiger partial charge on any atom is -0.389 e. The van der Waals surface area contributed by atoms with E-state index in [4.69, 9.17) is 0 Å². The van der Waals surface area contributed by atoms with Gasteiger partial charge in [0.15, 0.2) is 0 Å². The Hall–Kier alpha value is -2.24. The zero-order valence-corrected chi connectivity index (χ0v) is 35.4. The fourth-order valence-corrected chi connectivity index (χ4v) is 4.62. The second-order valence-electron chi connectivity index (χ2n) is 15.5. The van der Waals surface area contributed by atoms with Gasteiger partial charge in [-0.1, -0.05) is 102 Å². The van der Waals surface area contributed by atoms with Crippen molar-refractivity contribution in [1.29, 1.82) is 0 Å². The monoisotopic (exact) mass is 691 g/mol. The number of hydrogen-bond acceptors (Lipinski definition) is 6. The molecule has 1 aliphatic heterocycles. The molecule has 292 valence electrons. The average Bonchev–Trinajstić information content (AvgIpc) is 3.56. The second kappa shape index (κ2) is 37.0. The predicted octanol–water partition coefficient (Wildman–Crippen LogP) is 10.9. The molecule has 0 unspecified atom stereocenters. The van der Waals surface area contributed by atoms with E-state index in [1.807, 2.05) is 19.0 Å². The van der Waals surface area contributed by atoms with Crippen LogP contribution in [0.3, 0.4) is 0 Å². The van der Waals surface area contributed by atoms with Crippen molar-refractivity contribution in [2.24, 2.45) is 23.7 Å². The third-order valence-corrected chi connectivity index (χ3v) is 8.08. The fourth-order valence-electron chi connectivity index (χ4n) is 4.62. The quantitative estimate of drug-likeness (QED) is 0.0582. The SMILES string of the molecule is C=C(CC)NCCCC(C)C.C=C(CCCCC)NCCCC(C)C.C=C(NCCCC(C)C)N(C)C.CC(C)CCCNC1=CCCN1. The molecule has 0 spiro atoms. The lowest BCUT2D eigenvalue weighted by Gasteiger charge is -2.17. The maximum atomic E-state index is 4.03. The largest absolute Gasteiger partial charge is 0.389 e. The van der Waals surface area contributed by atoms with E-state index < -0.39 is 0 Å². The molecule has 0 saturated carbocycles. The summed E-state index contributed by atoms with van der Waals surface area (Å²) >= 11 is 0. The first-order valence-corrected chi connectivity index (χ1v) is 20.3.